The highest BCUT2D eigenvalue weighted by Gasteiger charge is 2.37. The molecule has 2 aromatic carbocycles. The zero-order valence-electron chi connectivity index (χ0n) is 12.0. The molecule has 2 aromatic rings. The number of carbonyl (C=O) groups excluding carboxylic acids is 3. The molecule has 1 aliphatic rings. The minimum atomic E-state index is -0.598. The van der Waals surface area contributed by atoms with Gasteiger partial charge in [-0.2, -0.15) is 0 Å². The molecule has 0 fully saturated rings. The highest BCUT2D eigenvalue weighted by molar-refractivity contribution is 6.37. The molecule has 0 radical (unpaired) electrons. The van der Waals surface area contributed by atoms with Gasteiger partial charge in [-0.25, -0.2) is 0 Å². The van der Waals surface area contributed by atoms with Gasteiger partial charge in [-0.1, -0.05) is 35.9 Å². The van der Waals surface area contributed by atoms with Crippen molar-refractivity contribution in [3.8, 4) is 11.5 Å². The largest absolute Gasteiger partial charge is 0.507 e. The number of hydrogen-bond donors (Lipinski definition) is 2. The van der Waals surface area contributed by atoms with E-state index < -0.39 is 23.1 Å². The summed E-state index contributed by atoms with van der Waals surface area (Å²) in [5.74, 6) is -2.63. The van der Waals surface area contributed by atoms with Crippen LogP contribution in [-0.2, 0) is 11.2 Å². The number of hydrogen-bond acceptors (Lipinski definition) is 5. The molecule has 23 heavy (non-hydrogen) atoms. The maximum absolute atomic E-state index is 12.6. The molecule has 1 aliphatic carbocycles. The third kappa shape index (κ3) is 2.12. The van der Waals surface area contributed by atoms with Gasteiger partial charge in [-0.05, 0) is 6.92 Å². The van der Waals surface area contributed by atoms with Gasteiger partial charge in [0.15, 0.2) is 11.6 Å². The van der Waals surface area contributed by atoms with Crippen LogP contribution in [0.5, 0.6) is 11.5 Å². The Balaban J connectivity index is 2.37. The molecule has 0 saturated carbocycles. The SMILES string of the molecule is CC(=O)Cc1c(O)c2c(c(O)c1Cl)C(=O)c1ccccc1C2=O. The summed E-state index contributed by atoms with van der Waals surface area (Å²) >= 11 is 5.99. The third-order valence-corrected chi connectivity index (χ3v) is 4.19. The lowest BCUT2D eigenvalue weighted by molar-refractivity contribution is -0.116. The molecular formula is C17H11ClO5. The van der Waals surface area contributed by atoms with Crippen LogP contribution >= 0.6 is 11.6 Å². The lowest BCUT2D eigenvalue weighted by Gasteiger charge is -2.22. The van der Waals surface area contributed by atoms with Crippen molar-refractivity contribution in [2.24, 2.45) is 0 Å². The molecular weight excluding hydrogens is 320 g/mol. The summed E-state index contributed by atoms with van der Waals surface area (Å²) in [5, 5.41) is 20.3. The zero-order valence-corrected chi connectivity index (χ0v) is 12.8. The van der Waals surface area contributed by atoms with Crippen molar-refractivity contribution in [2.45, 2.75) is 13.3 Å². The number of phenols is 2. The summed E-state index contributed by atoms with van der Waals surface area (Å²) in [7, 11) is 0. The van der Waals surface area contributed by atoms with Crippen LogP contribution in [0.2, 0.25) is 5.02 Å². The van der Waals surface area contributed by atoms with Gasteiger partial charge in [0.05, 0.1) is 16.1 Å². The molecule has 0 aliphatic heterocycles. The lowest BCUT2D eigenvalue weighted by atomic mass is 9.81. The lowest BCUT2D eigenvalue weighted by Crippen LogP contribution is -2.22. The molecule has 0 unspecified atom stereocenters. The van der Waals surface area contributed by atoms with E-state index in [-0.39, 0.29) is 45.0 Å². The Morgan fingerprint density at radius 1 is 1.00 bits per heavy atom. The van der Waals surface area contributed by atoms with Gasteiger partial charge in [0.2, 0.25) is 0 Å². The first-order chi connectivity index (χ1) is 10.8. The zero-order chi connectivity index (χ0) is 16.9. The van der Waals surface area contributed by atoms with Gasteiger partial charge in [-0.3, -0.25) is 14.4 Å². The summed E-state index contributed by atoms with van der Waals surface area (Å²) in [6.07, 6.45) is -0.255. The number of halogens is 1. The van der Waals surface area contributed by atoms with Crippen LogP contribution < -0.4 is 0 Å². The molecule has 3 rings (SSSR count). The summed E-state index contributed by atoms with van der Waals surface area (Å²) in [5.41, 5.74) is -0.433. The minimum absolute atomic E-state index is 0.0593. The maximum Gasteiger partial charge on any atom is 0.198 e. The van der Waals surface area contributed by atoms with Crippen molar-refractivity contribution in [3.63, 3.8) is 0 Å². The van der Waals surface area contributed by atoms with E-state index in [0.717, 1.165) is 0 Å². The van der Waals surface area contributed by atoms with E-state index in [9.17, 15) is 24.6 Å². The second-order valence-corrected chi connectivity index (χ2v) is 5.70. The first-order valence-corrected chi connectivity index (χ1v) is 7.16. The van der Waals surface area contributed by atoms with Crippen LogP contribution in [0.25, 0.3) is 0 Å². The van der Waals surface area contributed by atoms with E-state index in [2.05, 4.69) is 0 Å². The molecule has 5 nitrogen and oxygen atoms in total. The molecule has 6 heteroatoms. The highest BCUT2D eigenvalue weighted by atomic mass is 35.5. The molecule has 2 N–H and O–H groups in total. The maximum atomic E-state index is 12.6. The normalized spacial score (nSPS) is 12.8. The van der Waals surface area contributed by atoms with Crippen LogP contribution in [0.3, 0.4) is 0 Å². The predicted octanol–water partition coefficient (Wildman–Crippen LogP) is 2.66. The van der Waals surface area contributed by atoms with Gasteiger partial charge < -0.3 is 10.2 Å². The minimum Gasteiger partial charge on any atom is -0.507 e. The average molecular weight is 331 g/mol. The van der Waals surface area contributed by atoms with Crippen LogP contribution in [-0.4, -0.2) is 27.6 Å². The van der Waals surface area contributed by atoms with Crippen LogP contribution in [0.4, 0.5) is 0 Å². The Morgan fingerprint density at radius 3 is 1.96 bits per heavy atom. The van der Waals surface area contributed by atoms with E-state index in [1.807, 2.05) is 0 Å². The number of carbonyl (C=O) groups is 3. The standard InChI is InChI=1S/C17H11ClO5/c1-7(19)6-10-13(18)17(23)12-11(16(10)22)14(20)8-4-2-3-5-9(8)15(12)21/h2-5,22-23H,6H2,1H3. The second kappa shape index (κ2) is 5.21. The Bertz CT molecular complexity index is 898. The summed E-state index contributed by atoms with van der Waals surface area (Å²) < 4.78 is 0. The number of phenolic OH excluding ortho intramolecular Hbond substituents is 2. The quantitative estimate of drug-likeness (QED) is 0.705. The summed E-state index contributed by atoms with van der Waals surface area (Å²) in [6, 6.07) is 6.12. The number of rotatable bonds is 2. The van der Waals surface area contributed by atoms with E-state index >= 15 is 0 Å². The summed E-state index contributed by atoms with van der Waals surface area (Å²) in [4.78, 5) is 36.5. The molecule has 0 aromatic heterocycles. The van der Waals surface area contributed by atoms with E-state index in [1.54, 1.807) is 12.1 Å². The Hall–Kier alpha value is -2.66. The van der Waals surface area contributed by atoms with E-state index in [1.165, 1.54) is 19.1 Å². The van der Waals surface area contributed by atoms with Gasteiger partial charge >= 0.3 is 0 Å². The Labute approximate surface area is 136 Å². The second-order valence-electron chi connectivity index (χ2n) is 5.32. The number of aromatic hydroxyl groups is 2. The fourth-order valence-electron chi connectivity index (χ4n) is 2.75. The highest BCUT2D eigenvalue weighted by Crippen LogP contribution is 2.45. The van der Waals surface area contributed by atoms with Crippen molar-refractivity contribution in [2.75, 3.05) is 0 Å². The molecule has 0 bridgehead atoms. The van der Waals surface area contributed by atoms with E-state index in [4.69, 9.17) is 11.6 Å². The predicted molar refractivity (Wildman–Crippen MR) is 82.5 cm³/mol. The molecule has 0 saturated heterocycles. The molecule has 116 valence electrons. The Kier molecular flexibility index (Phi) is 3.45. The van der Waals surface area contributed by atoms with Crippen molar-refractivity contribution >= 4 is 29.0 Å². The van der Waals surface area contributed by atoms with Crippen molar-refractivity contribution in [1.29, 1.82) is 0 Å². The van der Waals surface area contributed by atoms with Gasteiger partial charge in [-0.15, -0.1) is 0 Å². The van der Waals surface area contributed by atoms with Crippen molar-refractivity contribution < 1.29 is 24.6 Å². The number of benzene rings is 2. The third-order valence-electron chi connectivity index (χ3n) is 3.78. The first kappa shape index (κ1) is 15.2. The smallest absolute Gasteiger partial charge is 0.198 e. The van der Waals surface area contributed by atoms with Gasteiger partial charge in [0, 0.05) is 23.1 Å². The van der Waals surface area contributed by atoms with Crippen LogP contribution in [0, 0.1) is 0 Å². The van der Waals surface area contributed by atoms with Crippen LogP contribution in [0.1, 0.15) is 44.3 Å². The number of ketones is 3. The van der Waals surface area contributed by atoms with Crippen molar-refractivity contribution in [3.05, 3.63) is 57.1 Å². The summed E-state index contributed by atoms with van der Waals surface area (Å²) in [6.45, 7) is 1.29. The molecule has 0 spiro atoms. The van der Waals surface area contributed by atoms with Gasteiger partial charge in [0.1, 0.15) is 17.3 Å². The number of Topliss-reactive ketones (excluding diaryl/α,β-unsaturated/α-hetero) is 1. The van der Waals surface area contributed by atoms with E-state index in [0.29, 0.717) is 0 Å². The average Bonchev–Trinajstić information content (AvgIpc) is 2.52. The fraction of sp³-hybridized carbons (Fsp3) is 0.118. The molecule has 0 amide bonds. The van der Waals surface area contributed by atoms with Gasteiger partial charge in [0.25, 0.3) is 0 Å². The monoisotopic (exact) mass is 330 g/mol. The first-order valence-electron chi connectivity index (χ1n) is 6.78. The molecule has 0 heterocycles. The van der Waals surface area contributed by atoms with Crippen molar-refractivity contribution in [1.82, 2.24) is 0 Å². The number of fused-ring (bicyclic) bond motifs is 2. The molecule has 0 atom stereocenters. The topological polar surface area (TPSA) is 91.7 Å². The fourth-order valence-corrected chi connectivity index (χ4v) is 3.00. The Morgan fingerprint density at radius 2 is 1.48 bits per heavy atom. The van der Waals surface area contributed by atoms with Crippen LogP contribution in [0.15, 0.2) is 24.3 Å².